The van der Waals surface area contributed by atoms with Gasteiger partial charge in [0.2, 0.25) is 12.2 Å². The zero-order valence-electron chi connectivity index (χ0n) is 8.02. The zero-order chi connectivity index (χ0) is 13.2. The van der Waals surface area contributed by atoms with Crippen LogP contribution in [0.5, 0.6) is 0 Å². The number of rotatable bonds is 1. The molecular formula is C4BF4LiN2O4S. The number of isocyanates is 2. The molecule has 0 unspecified atom stereocenters. The van der Waals surface area contributed by atoms with Crippen LogP contribution in [0.4, 0.5) is 17.3 Å². The van der Waals surface area contributed by atoms with Crippen LogP contribution in [0.25, 0.3) is 0 Å². The van der Waals surface area contributed by atoms with Crippen molar-refractivity contribution in [1.29, 1.82) is 0 Å². The molecule has 0 spiro atoms. The summed E-state index contributed by atoms with van der Waals surface area (Å²) in [5, 5.41) is -1.13. The topological polar surface area (TPSA) is 93.0 Å². The van der Waals surface area contributed by atoms with E-state index in [2.05, 4.69) is 9.39 Å². The van der Waals surface area contributed by atoms with Gasteiger partial charge in [0.1, 0.15) is 0 Å². The molecule has 0 saturated heterocycles. The molecule has 0 aliphatic heterocycles. The molecule has 0 fully saturated rings. The third kappa shape index (κ3) is 25.3. The molecule has 0 rings (SSSR count). The maximum absolute atomic E-state index is 10.4. The molecule has 0 aliphatic rings. The molecular weight excluding hydrogens is 266 g/mol. The number of hydrogen-bond donors (Lipinski definition) is 0. The van der Waals surface area contributed by atoms with Crippen molar-refractivity contribution >= 4 is 42.4 Å². The van der Waals surface area contributed by atoms with Gasteiger partial charge in [0.15, 0.2) is 0 Å². The van der Waals surface area contributed by atoms with E-state index < -0.39 is 18.3 Å². The van der Waals surface area contributed by atoms with E-state index in [-0.39, 0.29) is 30.8 Å². The van der Waals surface area contributed by atoms with E-state index in [1.165, 1.54) is 0 Å². The maximum atomic E-state index is 10.4. The fourth-order valence-corrected chi connectivity index (χ4v) is 0.430. The Bertz CT molecular complexity index is 359. The van der Waals surface area contributed by atoms with E-state index in [0.717, 1.165) is 12.2 Å². The summed E-state index contributed by atoms with van der Waals surface area (Å²) in [4.78, 5) is 41.9. The molecule has 0 aromatic heterocycles. The molecule has 0 aromatic carbocycles. The number of aliphatic imine (C=N–C) groups is 1. The van der Waals surface area contributed by atoms with Crippen molar-refractivity contribution in [3.05, 3.63) is 0 Å². The molecule has 0 heterocycles. The fraction of sp³-hybridized carbons (Fsp3) is 0. The minimum Gasteiger partial charge on any atom is -0.418 e. The normalized spacial score (nSPS) is 8.24. The van der Waals surface area contributed by atoms with Crippen LogP contribution in [-0.4, -0.2) is 30.4 Å². The van der Waals surface area contributed by atoms with Crippen LogP contribution in [-0.2, 0) is 19.2 Å². The monoisotopic (exact) mass is 266 g/mol. The summed E-state index contributed by atoms with van der Waals surface area (Å²) in [5.41, 5.74) is 0. The van der Waals surface area contributed by atoms with E-state index in [1.54, 1.807) is 0 Å². The standard InChI is InChI=1S/C4N2O4S.BF4.Li/c7-1-5-3(9)4(10)11-6-2-8;2-1(3,4)5;/q;-1;+1. The second kappa shape index (κ2) is 11.3. The van der Waals surface area contributed by atoms with Crippen molar-refractivity contribution < 1.29 is 55.3 Å². The summed E-state index contributed by atoms with van der Waals surface area (Å²) < 4.78 is 41.7. The summed E-state index contributed by atoms with van der Waals surface area (Å²) >= 11 is 0.0648. The summed E-state index contributed by atoms with van der Waals surface area (Å²) in [6.45, 7) is 0. The number of carbonyl (C=O) groups excluding carboxylic acids is 4. The molecule has 88 valence electrons. The first-order valence-corrected chi connectivity index (χ1v) is 3.77. The Labute approximate surface area is 107 Å². The first-order valence-electron chi connectivity index (χ1n) is 3.00. The number of amides is 1. The average molecular weight is 266 g/mol. The Kier molecular flexibility index (Phi) is 14.1. The van der Waals surface area contributed by atoms with Gasteiger partial charge in [-0.15, -0.1) is 9.39 Å². The van der Waals surface area contributed by atoms with Gasteiger partial charge in [0.05, 0.1) is 11.9 Å². The first-order chi connectivity index (χ1) is 7.22. The Morgan fingerprint density at radius 2 is 1.47 bits per heavy atom. The number of hydrogen-bond acceptors (Lipinski definition) is 6. The van der Waals surface area contributed by atoms with Crippen molar-refractivity contribution in [2.45, 2.75) is 0 Å². The van der Waals surface area contributed by atoms with Gasteiger partial charge in [0, 0.05) is 0 Å². The molecule has 0 aliphatic carbocycles. The SMILES string of the molecule is F[B-](F)(F)F.O=C=NSC(=O)C(=O)N=C=O.[Li+]. The van der Waals surface area contributed by atoms with E-state index >= 15 is 0 Å². The van der Waals surface area contributed by atoms with Gasteiger partial charge in [-0.05, 0) is 0 Å². The number of nitrogens with zero attached hydrogens (tertiary/aromatic N) is 2. The summed E-state index contributed by atoms with van der Waals surface area (Å²) in [6, 6.07) is 0. The van der Waals surface area contributed by atoms with Gasteiger partial charge in [-0.3, -0.25) is 9.59 Å². The number of halogens is 4. The van der Waals surface area contributed by atoms with E-state index in [1.807, 2.05) is 0 Å². The Morgan fingerprint density at radius 1 is 1.06 bits per heavy atom. The van der Waals surface area contributed by atoms with E-state index in [0.29, 0.717) is 0 Å². The van der Waals surface area contributed by atoms with Crippen LogP contribution in [0.15, 0.2) is 9.39 Å². The largest absolute Gasteiger partial charge is 1.00 e. The summed E-state index contributed by atoms with van der Waals surface area (Å²) in [6.07, 6.45) is 1.90. The molecule has 0 atom stereocenters. The molecule has 13 heteroatoms. The van der Waals surface area contributed by atoms with Crippen LogP contribution in [0, 0.1) is 0 Å². The van der Waals surface area contributed by atoms with Crippen molar-refractivity contribution in [2.24, 2.45) is 9.39 Å². The molecule has 0 aromatic rings. The van der Waals surface area contributed by atoms with Crippen molar-refractivity contribution in [1.82, 2.24) is 0 Å². The van der Waals surface area contributed by atoms with Crippen LogP contribution in [0.2, 0.25) is 0 Å². The molecule has 17 heavy (non-hydrogen) atoms. The van der Waals surface area contributed by atoms with Gasteiger partial charge in [-0.2, -0.15) is 0 Å². The predicted molar refractivity (Wildman–Crippen MR) is 44.0 cm³/mol. The van der Waals surface area contributed by atoms with Crippen molar-refractivity contribution in [3.8, 4) is 0 Å². The predicted octanol–water partition coefficient (Wildman–Crippen LogP) is -2.34. The van der Waals surface area contributed by atoms with Gasteiger partial charge in [0.25, 0.3) is 0 Å². The fourth-order valence-electron chi connectivity index (χ4n) is 0.186. The molecule has 0 saturated carbocycles. The number of carbonyl (C=O) groups is 2. The summed E-state index contributed by atoms with van der Waals surface area (Å²) in [5.74, 6) is -1.30. The van der Waals surface area contributed by atoms with Crippen LogP contribution < -0.4 is 18.9 Å². The molecule has 1 amide bonds. The van der Waals surface area contributed by atoms with Gasteiger partial charge in [-0.25, -0.2) is 9.59 Å². The molecule has 6 nitrogen and oxygen atoms in total. The van der Waals surface area contributed by atoms with Crippen LogP contribution >= 0.6 is 11.9 Å². The maximum Gasteiger partial charge on any atom is 1.00 e. The van der Waals surface area contributed by atoms with Crippen molar-refractivity contribution in [3.63, 3.8) is 0 Å². The average Bonchev–Trinajstić information content (AvgIpc) is 2.11. The minimum atomic E-state index is -6.00. The van der Waals surface area contributed by atoms with Crippen LogP contribution in [0.1, 0.15) is 0 Å². The van der Waals surface area contributed by atoms with Crippen molar-refractivity contribution in [2.75, 3.05) is 0 Å². The third-order valence-corrected chi connectivity index (χ3v) is 0.994. The van der Waals surface area contributed by atoms with Crippen LogP contribution in [0.3, 0.4) is 0 Å². The van der Waals surface area contributed by atoms with Gasteiger partial charge >= 0.3 is 37.1 Å². The molecule has 0 N–H and O–H groups in total. The second-order valence-corrected chi connectivity index (χ2v) is 2.30. The zero-order valence-corrected chi connectivity index (χ0v) is 8.84. The molecule has 0 bridgehead atoms. The van der Waals surface area contributed by atoms with Gasteiger partial charge < -0.3 is 17.3 Å². The Hall–Kier alpha value is -1.17. The Morgan fingerprint density at radius 3 is 1.76 bits per heavy atom. The smallest absolute Gasteiger partial charge is 0.418 e. The van der Waals surface area contributed by atoms with E-state index in [9.17, 15) is 36.4 Å². The first kappa shape index (κ1) is 21.2. The van der Waals surface area contributed by atoms with E-state index in [4.69, 9.17) is 0 Å². The third-order valence-electron chi connectivity index (χ3n) is 0.488. The quantitative estimate of drug-likeness (QED) is 0.132. The minimum absolute atomic E-state index is 0. The Balaban J connectivity index is -0.000000280. The van der Waals surface area contributed by atoms with Gasteiger partial charge in [-0.1, -0.05) is 0 Å². The second-order valence-electron chi connectivity index (χ2n) is 1.56. The molecule has 0 radical (unpaired) electrons. The summed E-state index contributed by atoms with van der Waals surface area (Å²) in [7, 11) is -6.00.